The number of hydrogen-bond acceptors (Lipinski definition) is 3. The van der Waals surface area contributed by atoms with E-state index in [1.807, 2.05) is 13.8 Å². The number of aliphatic carboxylic acids is 1. The van der Waals surface area contributed by atoms with Crippen LogP contribution in [0, 0.1) is 0 Å². The lowest BCUT2D eigenvalue weighted by atomic mass is 9.81. The maximum absolute atomic E-state index is 11.2. The molecule has 0 unspecified atom stereocenters. The van der Waals surface area contributed by atoms with Gasteiger partial charge < -0.3 is 14.6 Å². The topological polar surface area (TPSA) is 55.8 Å². The zero-order chi connectivity index (χ0) is 16.3. The van der Waals surface area contributed by atoms with Gasteiger partial charge in [-0.3, -0.25) is 4.79 Å². The molecule has 0 amide bonds. The number of halogens is 1. The molecule has 1 aromatic carbocycles. The monoisotopic (exact) mass is 326 g/mol. The Morgan fingerprint density at radius 3 is 2.55 bits per heavy atom. The number of carbonyl (C=O) groups is 1. The molecule has 0 saturated heterocycles. The third-order valence-electron chi connectivity index (χ3n) is 4.15. The van der Waals surface area contributed by atoms with Crippen LogP contribution in [0.2, 0.25) is 5.02 Å². The number of carboxylic acids is 1. The van der Waals surface area contributed by atoms with Crippen LogP contribution in [0.4, 0.5) is 0 Å². The standard InChI is InChI=1S/C17H23ClO4/c1-17(2,10-15(19)20)13-8-11(18)9-14(21-3)16(13)22-12-6-4-5-7-12/h8-9,12H,4-7,10H2,1-3H3,(H,19,20). The first-order valence-electron chi connectivity index (χ1n) is 7.60. The van der Waals surface area contributed by atoms with E-state index in [9.17, 15) is 9.90 Å². The fraction of sp³-hybridized carbons (Fsp3) is 0.588. The molecule has 0 atom stereocenters. The van der Waals surface area contributed by atoms with E-state index in [2.05, 4.69) is 0 Å². The number of rotatable bonds is 6. The predicted octanol–water partition coefficient (Wildman–Crippen LogP) is 4.42. The Kier molecular flexibility index (Phi) is 5.22. The number of benzene rings is 1. The molecule has 1 fully saturated rings. The maximum Gasteiger partial charge on any atom is 0.304 e. The van der Waals surface area contributed by atoms with Gasteiger partial charge in [0.25, 0.3) is 0 Å². The van der Waals surface area contributed by atoms with Gasteiger partial charge in [0, 0.05) is 22.1 Å². The minimum atomic E-state index is -0.851. The average Bonchev–Trinajstić information content (AvgIpc) is 2.91. The first kappa shape index (κ1) is 16.9. The normalized spacial score (nSPS) is 15.8. The molecule has 1 saturated carbocycles. The predicted molar refractivity (Wildman–Crippen MR) is 86.2 cm³/mol. The molecule has 0 heterocycles. The van der Waals surface area contributed by atoms with E-state index in [1.165, 1.54) is 0 Å². The van der Waals surface area contributed by atoms with Crippen molar-refractivity contribution < 1.29 is 19.4 Å². The van der Waals surface area contributed by atoms with Crippen molar-refractivity contribution in [2.45, 2.75) is 57.5 Å². The van der Waals surface area contributed by atoms with E-state index in [-0.39, 0.29) is 12.5 Å². The maximum atomic E-state index is 11.2. The van der Waals surface area contributed by atoms with Crippen molar-refractivity contribution in [1.82, 2.24) is 0 Å². The summed E-state index contributed by atoms with van der Waals surface area (Å²) in [5, 5.41) is 9.69. The minimum absolute atomic E-state index is 0.00246. The van der Waals surface area contributed by atoms with Gasteiger partial charge in [0.15, 0.2) is 11.5 Å². The van der Waals surface area contributed by atoms with Crippen molar-refractivity contribution >= 4 is 17.6 Å². The molecular formula is C17H23ClO4. The molecular weight excluding hydrogens is 304 g/mol. The Bertz CT molecular complexity index is 548. The second kappa shape index (κ2) is 6.78. The van der Waals surface area contributed by atoms with Crippen molar-refractivity contribution in [2.24, 2.45) is 0 Å². The summed E-state index contributed by atoms with van der Waals surface area (Å²) in [5.74, 6) is 0.341. The summed E-state index contributed by atoms with van der Waals surface area (Å²) < 4.78 is 11.6. The fourth-order valence-electron chi connectivity index (χ4n) is 2.99. The molecule has 0 radical (unpaired) electrons. The molecule has 1 aromatic rings. The summed E-state index contributed by atoms with van der Waals surface area (Å²) in [7, 11) is 1.57. The molecule has 0 aliphatic heterocycles. The molecule has 0 spiro atoms. The molecule has 1 aliphatic rings. The SMILES string of the molecule is COc1cc(Cl)cc(C(C)(C)CC(=O)O)c1OC1CCCC1. The van der Waals surface area contributed by atoms with Crippen molar-refractivity contribution in [3.8, 4) is 11.5 Å². The van der Waals surface area contributed by atoms with Gasteiger partial charge in [-0.1, -0.05) is 25.4 Å². The average molecular weight is 327 g/mol. The second-order valence-electron chi connectivity index (χ2n) is 6.46. The third-order valence-corrected chi connectivity index (χ3v) is 4.37. The summed E-state index contributed by atoms with van der Waals surface area (Å²) in [6.45, 7) is 3.77. The highest BCUT2D eigenvalue weighted by atomic mass is 35.5. The molecule has 22 heavy (non-hydrogen) atoms. The van der Waals surface area contributed by atoms with Gasteiger partial charge in [-0.15, -0.1) is 0 Å². The van der Waals surface area contributed by atoms with E-state index in [0.717, 1.165) is 31.2 Å². The van der Waals surface area contributed by atoms with Gasteiger partial charge >= 0.3 is 5.97 Å². The molecule has 0 bridgehead atoms. The number of methoxy groups -OCH3 is 1. The van der Waals surface area contributed by atoms with Crippen molar-refractivity contribution in [3.63, 3.8) is 0 Å². The zero-order valence-electron chi connectivity index (χ0n) is 13.3. The summed E-state index contributed by atoms with van der Waals surface area (Å²) in [5.41, 5.74) is 0.184. The number of ether oxygens (including phenoxy) is 2. The Hall–Kier alpha value is -1.42. The Balaban J connectivity index is 2.45. The summed E-state index contributed by atoms with van der Waals surface area (Å²) in [4.78, 5) is 11.2. The van der Waals surface area contributed by atoms with E-state index in [4.69, 9.17) is 21.1 Å². The summed E-state index contributed by atoms with van der Waals surface area (Å²) in [6.07, 6.45) is 4.52. The molecule has 2 rings (SSSR count). The fourth-order valence-corrected chi connectivity index (χ4v) is 3.20. The highest BCUT2D eigenvalue weighted by Crippen LogP contribution is 2.44. The zero-order valence-corrected chi connectivity index (χ0v) is 14.1. The molecule has 4 nitrogen and oxygen atoms in total. The van der Waals surface area contributed by atoms with Crippen LogP contribution in [0.15, 0.2) is 12.1 Å². The van der Waals surface area contributed by atoms with Gasteiger partial charge in [0.2, 0.25) is 0 Å². The Morgan fingerprint density at radius 2 is 2.00 bits per heavy atom. The Labute approximate surface area is 136 Å². The van der Waals surface area contributed by atoms with Gasteiger partial charge in [-0.25, -0.2) is 0 Å². The van der Waals surface area contributed by atoms with Gasteiger partial charge in [-0.05, 0) is 31.7 Å². The van der Waals surface area contributed by atoms with Crippen LogP contribution in [0.1, 0.15) is 51.5 Å². The van der Waals surface area contributed by atoms with E-state index in [0.29, 0.717) is 16.5 Å². The number of carboxylic acid groups (broad SMARTS) is 1. The van der Waals surface area contributed by atoms with E-state index in [1.54, 1.807) is 19.2 Å². The van der Waals surface area contributed by atoms with Crippen molar-refractivity contribution in [3.05, 3.63) is 22.7 Å². The van der Waals surface area contributed by atoms with Crippen LogP contribution in [-0.2, 0) is 10.2 Å². The van der Waals surface area contributed by atoms with Crippen LogP contribution in [0.3, 0.4) is 0 Å². The van der Waals surface area contributed by atoms with Crippen LogP contribution in [0.25, 0.3) is 0 Å². The molecule has 1 aliphatic carbocycles. The largest absolute Gasteiger partial charge is 0.493 e. The van der Waals surface area contributed by atoms with Gasteiger partial charge in [-0.2, -0.15) is 0 Å². The minimum Gasteiger partial charge on any atom is -0.493 e. The van der Waals surface area contributed by atoms with Gasteiger partial charge in [0.1, 0.15) is 0 Å². The first-order chi connectivity index (χ1) is 10.3. The highest BCUT2D eigenvalue weighted by Gasteiger charge is 2.31. The third kappa shape index (κ3) is 3.86. The lowest BCUT2D eigenvalue weighted by Gasteiger charge is -2.28. The summed E-state index contributed by atoms with van der Waals surface area (Å²) in [6, 6.07) is 3.50. The molecule has 5 heteroatoms. The van der Waals surface area contributed by atoms with Gasteiger partial charge in [0.05, 0.1) is 19.6 Å². The summed E-state index contributed by atoms with van der Waals surface area (Å²) >= 11 is 6.18. The highest BCUT2D eigenvalue weighted by molar-refractivity contribution is 6.30. The Morgan fingerprint density at radius 1 is 1.36 bits per heavy atom. The van der Waals surface area contributed by atoms with E-state index < -0.39 is 11.4 Å². The van der Waals surface area contributed by atoms with Crippen molar-refractivity contribution in [2.75, 3.05) is 7.11 Å². The van der Waals surface area contributed by atoms with E-state index >= 15 is 0 Å². The molecule has 1 N–H and O–H groups in total. The first-order valence-corrected chi connectivity index (χ1v) is 7.98. The second-order valence-corrected chi connectivity index (χ2v) is 6.90. The van der Waals surface area contributed by atoms with Crippen LogP contribution in [-0.4, -0.2) is 24.3 Å². The lowest BCUT2D eigenvalue weighted by molar-refractivity contribution is -0.138. The van der Waals surface area contributed by atoms with Crippen molar-refractivity contribution in [1.29, 1.82) is 0 Å². The molecule has 122 valence electrons. The van der Waals surface area contributed by atoms with Crippen LogP contribution in [0.5, 0.6) is 11.5 Å². The lowest BCUT2D eigenvalue weighted by Crippen LogP contribution is -2.24. The quantitative estimate of drug-likeness (QED) is 0.840. The molecule has 0 aromatic heterocycles. The smallest absolute Gasteiger partial charge is 0.304 e. The van der Waals surface area contributed by atoms with Crippen LogP contribution < -0.4 is 9.47 Å². The number of hydrogen-bond donors (Lipinski definition) is 1. The van der Waals surface area contributed by atoms with Crippen LogP contribution >= 0.6 is 11.6 Å².